The third-order valence-electron chi connectivity index (χ3n) is 4.89. The highest BCUT2D eigenvalue weighted by Crippen LogP contribution is 2.36. The first-order valence-corrected chi connectivity index (χ1v) is 11.9. The molecule has 2 atom stereocenters. The van der Waals surface area contributed by atoms with Gasteiger partial charge in [-0.2, -0.15) is 5.26 Å². The monoisotopic (exact) mass is 398 g/mol. The van der Waals surface area contributed by atoms with Crippen LogP contribution in [0.5, 0.6) is 0 Å². The number of carboxylic acids is 1. The standard InChI is InChI=1S/C19H34N2O5Si/c1-19(2,3)27(6,7)26-14-17(21(4)12-8-11-20)16(9-10-18(22)23)13-25-15-24-5/h16-17H,8,12-15H2,1-7H3,(H,22,23)/t16-,17+/m1/s1. The van der Waals surface area contributed by atoms with Crippen LogP contribution in [0.25, 0.3) is 0 Å². The molecule has 0 aromatic carbocycles. The third kappa shape index (κ3) is 9.90. The van der Waals surface area contributed by atoms with E-state index < -0.39 is 14.3 Å². The zero-order valence-corrected chi connectivity index (χ0v) is 18.7. The summed E-state index contributed by atoms with van der Waals surface area (Å²) in [4.78, 5) is 12.9. The molecule has 7 nitrogen and oxygen atoms in total. The third-order valence-corrected chi connectivity index (χ3v) is 9.39. The molecule has 8 heteroatoms. The van der Waals surface area contributed by atoms with E-state index in [2.05, 4.69) is 51.8 Å². The smallest absolute Gasteiger partial charge is 0.381 e. The molecule has 154 valence electrons. The molecule has 0 aliphatic rings. The first kappa shape index (κ1) is 25.6. The molecule has 0 aromatic rings. The Balaban J connectivity index is 5.50. The van der Waals surface area contributed by atoms with Crippen LogP contribution < -0.4 is 0 Å². The van der Waals surface area contributed by atoms with E-state index in [1.807, 2.05) is 11.9 Å². The lowest BCUT2D eigenvalue weighted by Gasteiger charge is -2.39. The maximum atomic E-state index is 10.9. The second-order valence-corrected chi connectivity index (χ2v) is 12.8. The van der Waals surface area contributed by atoms with Crippen molar-refractivity contribution in [2.45, 2.75) is 51.4 Å². The molecule has 0 spiro atoms. The number of nitriles is 1. The first-order chi connectivity index (χ1) is 12.5. The number of likely N-dealkylation sites (N-methyl/N-ethyl adjacent to an activating group) is 1. The average Bonchev–Trinajstić information content (AvgIpc) is 2.56. The molecular weight excluding hydrogens is 364 g/mol. The number of nitrogens with zero attached hydrogens (tertiary/aromatic N) is 2. The van der Waals surface area contributed by atoms with Gasteiger partial charge in [0.05, 0.1) is 25.2 Å². The van der Waals surface area contributed by atoms with Crippen LogP contribution in [0.3, 0.4) is 0 Å². The van der Waals surface area contributed by atoms with Crippen LogP contribution in [0.4, 0.5) is 0 Å². The number of hydrogen-bond donors (Lipinski definition) is 1. The van der Waals surface area contributed by atoms with E-state index in [1.54, 1.807) is 0 Å². The lowest BCUT2D eigenvalue weighted by atomic mass is 10.0. The fourth-order valence-electron chi connectivity index (χ4n) is 2.11. The topological polar surface area (TPSA) is 92.0 Å². The second kappa shape index (κ2) is 12.1. The van der Waals surface area contributed by atoms with E-state index in [0.29, 0.717) is 19.6 Å². The predicted molar refractivity (Wildman–Crippen MR) is 107 cm³/mol. The molecule has 0 aliphatic heterocycles. The van der Waals surface area contributed by atoms with Crippen LogP contribution in [-0.2, 0) is 18.7 Å². The second-order valence-electron chi connectivity index (χ2n) is 7.99. The van der Waals surface area contributed by atoms with Gasteiger partial charge in [0.1, 0.15) is 6.79 Å². The van der Waals surface area contributed by atoms with Gasteiger partial charge in [-0.25, -0.2) is 4.79 Å². The van der Waals surface area contributed by atoms with E-state index >= 15 is 0 Å². The average molecular weight is 399 g/mol. The zero-order valence-electron chi connectivity index (χ0n) is 17.7. The lowest BCUT2D eigenvalue weighted by molar-refractivity contribution is -0.130. The number of carboxylic acid groups (broad SMARTS) is 1. The van der Waals surface area contributed by atoms with Gasteiger partial charge in [-0.05, 0) is 25.2 Å². The van der Waals surface area contributed by atoms with Crippen LogP contribution in [0.2, 0.25) is 18.1 Å². The Kier molecular flexibility index (Phi) is 11.5. The maximum Gasteiger partial charge on any atom is 0.381 e. The number of aliphatic carboxylic acids is 1. The van der Waals surface area contributed by atoms with Crippen LogP contribution in [0, 0.1) is 29.1 Å². The van der Waals surface area contributed by atoms with Crippen molar-refractivity contribution in [2.75, 3.05) is 40.7 Å². The molecule has 0 fully saturated rings. The molecule has 27 heavy (non-hydrogen) atoms. The molecule has 0 heterocycles. The fraction of sp³-hybridized carbons (Fsp3) is 0.789. The number of hydrogen-bond acceptors (Lipinski definition) is 6. The Labute approximate surface area is 164 Å². The summed E-state index contributed by atoms with van der Waals surface area (Å²) in [5, 5.41) is 17.9. The summed E-state index contributed by atoms with van der Waals surface area (Å²) >= 11 is 0. The SMILES string of the molecule is COCOC[C@@H](C#CC(=O)O)[C@H](CO[Si](C)(C)C(C)(C)C)N(C)CCC#N. The van der Waals surface area contributed by atoms with Crippen LogP contribution in [0.1, 0.15) is 27.2 Å². The van der Waals surface area contributed by atoms with E-state index in [1.165, 1.54) is 7.11 Å². The molecular formula is C19H34N2O5Si. The summed E-state index contributed by atoms with van der Waals surface area (Å²) in [6, 6.07) is 1.94. The van der Waals surface area contributed by atoms with Crippen LogP contribution >= 0.6 is 0 Å². The van der Waals surface area contributed by atoms with Gasteiger partial charge >= 0.3 is 5.97 Å². The minimum atomic E-state index is -2.00. The first-order valence-electron chi connectivity index (χ1n) is 8.98. The van der Waals surface area contributed by atoms with Crippen molar-refractivity contribution in [2.24, 2.45) is 5.92 Å². The minimum absolute atomic E-state index is 0.0531. The number of methoxy groups -OCH3 is 1. The van der Waals surface area contributed by atoms with Gasteiger partial charge in [0.25, 0.3) is 0 Å². The van der Waals surface area contributed by atoms with Crippen molar-refractivity contribution in [1.82, 2.24) is 4.90 Å². The molecule has 0 unspecified atom stereocenters. The quantitative estimate of drug-likeness (QED) is 0.247. The van der Waals surface area contributed by atoms with Gasteiger partial charge in [-0.15, -0.1) is 0 Å². The molecule has 0 aliphatic carbocycles. The Hall–Kier alpha value is -1.42. The van der Waals surface area contributed by atoms with Crippen LogP contribution in [0.15, 0.2) is 0 Å². The van der Waals surface area contributed by atoms with Gasteiger partial charge in [0, 0.05) is 32.0 Å². The Bertz CT molecular complexity index is 557. The molecule has 0 saturated heterocycles. The Morgan fingerprint density at radius 1 is 1.30 bits per heavy atom. The molecule has 0 aromatic heterocycles. The fourth-order valence-corrected chi connectivity index (χ4v) is 3.14. The highest BCUT2D eigenvalue weighted by molar-refractivity contribution is 6.74. The van der Waals surface area contributed by atoms with Gasteiger partial charge < -0.3 is 19.0 Å². The summed E-state index contributed by atoms with van der Waals surface area (Å²) in [7, 11) is 1.42. The van der Waals surface area contributed by atoms with Gasteiger partial charge in [0.2, 0.25) is 0 Å². The molecule has 0 bridgehead atoms. The minimum Gasteiger partial charge on any atom is -0.472 e. The van der Waals surface area contributed by atoms with Crippen molar-refractivity contribution in [3.05, 3.63) is 0 Å². The van der Waals surface area contributed by atoms with Crippen molar-refractivity contribution in [1.29, 1.82) is 5.26 Å². The molecule has 0 amide bonds. The Morgan fingerprint density at radius 3 is 2.41 bits per heavy atom. The van der Waals surface area contributed by atoms with Crippen molar-refractivity contribution < 1.29 is 23.8 Å². The van der Waals surface area contributed by atoms with Crippen molar-refractivity contribution >= 4 is 14.3 Å². The number of ether oxygens (including phenoxy) is 2. The summed E-state index contributed by atoms with van der Waals surface area (Å²) < 4.78 is 16.7. The number of carbonyl (C=O) groups is 1. The normalized spacial score (nSPS) is 14.2. The number of rotatable bonds is 11. The lowest BCUT2D eigenvalue weighted by Crippen LogP contribution is -2.48. The van der Waals surface area contributed by atoms with E-state index in [-0.39, 0.29) is 30.4 Å². The van der Waals surface area contributed by atoms with Gasteiger partial charge in [-0.3, -0.25) is 4.90 Å². The highest BCUT2D eigenvalue weighted by atomic mass is 28.4. The van der Waals surface area contributed by atoms with Gasteiger partial charge in [-0.1, -0.05) is 26.7 Å². The summed E-state index contributed by atoms with van der Waals surface area (Å²) in [6.07, 6.45) is 0.366. The summed E-state index contributed by atoms with van der Waals surface area (Å²) in [5.41, 5.74) is 0. The van der Waals surface area contributed by atoms with Gasteiger partial charge in [0.15, 0.2) is 8.32 Å². The summed E-state index contributed by atoms with van der Waals surface area (Å²) in [6.45, 7) is 12.1. The van der Waals surface area contributed by atoms with E-state index in [4.69, 9.17) is 24.3 Å². The molecule has 0 rings (SSSR count). The Morgan fingerprint density at radius 2 is 1.93 bits per heavy atom. The molecule has 0 radical (unpaired) electrons. The largest absolute Gasteiger partial charge is 0.472 e. The van der Waals surface area contributed by atoms with Crippen LogP contribution in [-0.4, -0.2) is 71.0 Å². The maximum absolute atomic E-state index is 10.9. The summed E-state index contributed by atoms with van der Waals surface area (Å²) in [5.74, 6) is 3.42. The highest BCUT2D eigenvalue weighted by Gasteiger charge is 2.38. The zero-order chi connectivity index (χ0) is 21.1. The predicted octanol–water partition coefficient (Wildman–Crippen LogP) is 2.55. The van der Waals surface area contributed by atoms with Crippen molar-refractivity contribution in [3.63, 3.8) is 0 Å². The van der Waals surface area contributed by atoms with E-state index in [0.717, 1.165) is 0 Å². The van der Waals surface area contributed by atoms with E-state index in [9.17, 15) is 4.79 Å². The molecule has 1 N–H and O–H groups in total. The molecule has 0 saturated carbocycles. The van der Waals surface area contributed by atoms with Crippen molar-refractivity contribution in [3.8, 4) is 17.9 Å².